The largest absolute Gasteiger partial charge is 0.429 e. The number of nitrogens with zero attached hydrogens (tertiary/aromatic N) is 1. The number of rotatable bonds is 2. The van der Waals surface area contributed by atoms with Gasteiger partial charge in [-0.2, -0.15) is 0 Å². The van der Waals surface area contributed by atoms with E-state index < -0.39 is 10.0 Å². The van der Waals surface area contributed by atoms with Crippen molar-refractivity contribution in [3.63, 3.8) is 0 Å². The van der Waals surface area contributed by atoms with Crippen molar-refractivity contribution >= 4 is 33.3 Å². The standard InChI is InChI=1S/C9H10N2O3S2/c1-11(2)16(12,13)6-3-4-8-7(5-6)10-9(15)14-8/h3-5H,1-2H3,(H,10,15). The van der Waals surface area contributed by atoms with E-state index in [1.165, 1.54) is 26.2 Å². The molecule has 2 aromatic rings. The van der Waals surface area contributed by atoms with Gasteiger partial charge in [0.05, 0.1) is 10.4 Å². The Morgan fingerprint density at radius 2 is 2.06 bits per heavy atom. The van der Waals surface area contributed by atoms with Gasteiger partial charge in [0.25, 0.3) is 4.84 Å². The third kappa shape index (κ3) is 1.77. The van der Waals surface area contributed by atoms with E-state index in [1.54, 1.807) is 6.07 Å². The molecule has 0 aliphatic rings. The number of H-pyrrole nitrogens is 1. The lowest BCUT2D eigenvalue weighted by molar-refractivity contribution is 0.521. The number of oxazole rings is 1. The van der Waals surface area contributed by atoms with Gasteiger partial charge < -0.3 is 9.40 Å². The third-order valence-electron chi connectivity index (χ3n) is 2.17. The van der Waals surface area contributed by atoms with Gasteiger partial charge in [-0.3, -0.25) is 0 Å². The molecular formula is C9H10N2O3S2. The van der Waals surface area contributed by atoms with Crippen LogP contribution in [-0.2, 0) is 10.0 Å². The summed E-state index contributed by atoms with van der Waals surface area (Å²) in [6.45, 7) is 0. The van der Waals surface area contributed by atoms with Crippen molar-refractivity contribution in [3.8, 4) is 0 Å². The maximum Gasteiger partial charge on any atom is 0.266 e. The molecule has 0 unspecified atom stereocenters. The molecule has 1 heterocycles. The number of sulfonamides is 1. The maximum absolute atomic E-state index is 11.8. The second kappa shape index (κ2) is 3.69. The zero-order chi connectivity index (χ0) is 11.9. The Kier molecular flexibility index (Phi) is 2.61. The molecule has 2 rings (SSSR count). The van der Waals surface area contributed by atoms with Crippen molar-refractivity contribution in [2.24, 2.45) is 0 Å². The Balaban J connectivity index is 2.68. The first-order valence-corrected chi connectivity index (χ1v) is 6.31. The van der Waals surface area contributed by atoms with Gasteiger partial charge >= 0.3 is 0 Å². The highest BCUT2D eigenvalue weighted by molar-refractivity contribution is 7.89. The maximum atomic E-state index is 11.8. The molecular weight excluding hydrogens is 248 g/mol. The molecule has 0 spiro atoms. The van der Waals surface area contributed by atoms with E-state index in [2.05, 4.69) is 4.98 Å². The zero-order valence-corrected chi connectivity index (χ0v) is 10.4. The predicted molar refractivity (Wildman–Crippen MR) is 62.3 cm³/mol. The number of aromatic nitrogens is 1. The monoisotopic (exact) mass is 258 g/mol. The van der Waals surface area contributed by atoms with Gasteiger partial charge in [0.2, 0.25) is 10.0 Å². The summed E-state index contributed by atoms with van der Waals surface area (Å²) in [5.74, 6) is 0. The van der Waals surface area contributed by atoms with E-state index >= 15 is 0 Å². The SMILES string of the molecule is CN(C)S(=O)(=O)c1ccc2oc(=S)[nH]c2c1. The smallest absolute Gasteiger partial charge is 0.266 e. The summed E-state index contributed by atoms with van der Waals surface area (Å²) in [6, 6.07) is 4.58. The second-order valence-electron chi connectivity index (χ2n) is 3.46. The van der Waals surface area contributed by atoms with E-state index in [-0.39, 0.29) is 9.73 Å². The minimum Gasteiger partial charge on any atom is -0.429 e. The summed E-state index contributed by atoms with van der Waals surface area (Å²) in [5, 5.41) is 0. The Morgan fingerprint density at radius 3 is 2.69 bits per heavy atom. The molecule has 0 bridgehead atoms. The van der Waals surface area contributed by atoms with Gasteiger partial charge in [0.15, 0.2) is 5.58 Å². The molecule has 0 atom stereocenters. The van der Waals surface area contributed by atoms with Crippen LogP contribution < -0.4 is 0 Å². The van der Waals surface area contributed by atoms with Crippen LogP contribution in [0.2, 0.25) is 0 Å². The molecule has 0 saturated carbocycles. The summed E-state index contributed by atoms with van der Waals surface area (Å²) in [5.41, 5.74) is 1.12. The van der Waals surface area contributed by atoms with Gasteiger partial charge in [-0.05, 0) is 30.4 Å². The highest BCUT2D eigenvalue weighted by Crippen LogP contribution is 2.20. The van der Waals surface area contributed by atoms with Crippen LogP contribution in [0.1, 0.15) is 0 Å². The first-order chi connectivity index (χ1) is 7.41. The number of aromatic amines is 1. The average molecular weight is 258 g/mol. The molecule has 0 saturated heterocycles. The van der Waals surface area contributed by atoms with Gasteiger partial charge in [-0.15, -0.1) is 0 Å². The molecule has 1 aromatic heterocycles. The third-order valence-corrected chi connectivity index (χ3v) is 4.17. The molecule has 1 N–H and O–H groups in total. The molecule has 5 nitrogen and oxygen atoms in total. The highest BCUT2D eigenvalue weighted by atomic mass is 32.2. The first kappa shape index (κ1) is 11.3. The van der Waals surface area contributed by atoms with Gasteiger partial charge in [-0.1, -0.05) is 0 Å². The van der Waals surface area contributed by atoms with Crippen molar-refractivity contribution in [2.75, 3.05) is 14.1 Å². The molecule has 7 heteroatoms. The topological polar surface area (TPSA) is 66.3 Å². The van der Waals surface area contributed by atoms with Crippen LogP contribution >= 0.6 is 12.2 Å². The molecule has 1 aromatic carbocycles. The second-order valence-corrected chi connectivity index (χ2v) is 5.98. The minimum atomic E-state index is -3.42. The Hall–Kier alpha value is -1.18. The first-order valence-electron chi connectivity index (χ1n) is 4.46. The number of hydrogen-bond donors (Lipinski definition) is 1. The van der Waals surface area contributed by atoms with Crippen LogP contribution in [0.15, 0.2) is 27.5 Å². The quantitative estimate of drug-likeness (QED) is 0.833. The molecule has 0 aliphatic carbocycles. The fraction of sp³-hybridized carbons (Fsp3) is 0.222. The normalized spacial score (nSPS) is 12.4. The Morgan fingerprint density at radius 1 is 1.38 bits per heavy atom. The van der Waals surface area contributed by atoms with Crippen LogP contribution in [0.25, 0.3) is 11.1 Å². The minimum absolute atomic E-state index is 0.206. The van der Waals surface area contributed by atoms with E-state index in [1.807, 2.05) is 0 Å². The van der Waals surface area contributed by atoms with Crippen LogP contribution in [0, 0.1) is 4.84 Å². The summed E-state index contributed by atoms with van der Waals surface area (Å²) >= 11 is 4.82. The number of benzene rings is 1. The fourth-order valence-electron chi connectivity index (χ4n) is 1.30. The van der Waals surface area contributed by atoms with Crippen molar-refractivity contribution in [2.45, 2.75) is 4.90 Å². The summed E-state index contributed by atoms with van der Waals surface area (Å²) in [7, 11) is -0.455. The fourth-order valence-corrected chi connectivity index (χ4v) is 2.43. The van der Waals surface area contributed by atoms with Gasteiger partial charge in [-0.25, -0.2) is 12.7 Å². The van der Waals surface area contributed by atoms with E-state index in [0.717, 1.165) is 4.31 Å². The van der Waals surface area contributed by atoms with E-state index in [0.29, 0.717) is 11.1 Å². The van der Waals surface area contributed by atoms with Crippen molar-refractivity contribution in [1.82, 2.24) is 9.29 Å². The molecule has 16 heavy (non-hydrogen) atoms. The number of hydrogen-bond acceptors (Lipinski definition) is 4. The molecule has 0 aliphatic heterocycles. The summed E-state index contributed by atoms with van der Waals surface area (Å²) in [4.78, 5) is 3.21. The van der Waals surface area contributed by atoms with Crippen LogP contribution in [0.5, 0.6) is 0 Å². The van der Waals surface area contributed by atoms with Crippen molar-refractivity contribution < 1.29 is 12.8 Å². The summed E-state index contributed by atoms with van der Waals surface area (Å²) in [6.07, 6.45) is 0. The molecule has 0 fully saturated rings. The van der Waals surface area contributed by atoms with Crippen LogP contribution in [0.4, 0.5) is 0 Å². The van der Waals surface area contributed by atoms with Crippen molar-refractivity contribution in [3.05, 3.63) is 23.0 Å². The number of nitrogens with one attached hydrogen (secondary N) is 1. The van der Waals surface area contributed by atoms with Crippen LogP contribution in [0.3, 0.4) is 0 Å². The lowest BCUT2D eigenvalue weighted by Gasteiger charge is -2.10. The van der Waals surface area contributed by atoms with Gasteiger partial charge in [0, 0.05) is 14.1 Å². The molecule has 0 amide bonds. The van der Waals surface area contributed by atoms with Crippen LogP contribution in [-0.4, -0.2) is 31.8 Å². The summed E-state index contributed by atoms with van der Waals surface area (Å²) < 4.78 is 30.0. The lowest BCUT2D eigenvalue weighted by Crippen LogP contribution is -2.22. The Labute approximate surface area is 97.7 Å². The predicted octanol–water partition coefficient (Wildman–Crippen LogP) is 1.74. The van der Waals surface area contributed by atoms with E-state index in [9.17, 15) is 8.42 Å². The Bertz CT molecular complexity index is 682. The van der Waals surface area contributed by atoms with Gasteiger partial charge in [0.1, 0.15) is 0 Å². The van der Waals surface area contributed by atoms with Crippen molar-refractivity contribution in [1.29, 1.82) is 0 Å². The average Bonchev–Trinajstić information content (AvgIpc) is 2.56. The number of fused-ring (bicyclic) bond motifs is 1. The molecule has 86 valence electrons. The lowest BCUT2D eigenvalue weighted by atomic mass is 10.3. The zero-order valence-electron chi connectivity index (χ0n) is 8.72. The molecule has 0 radical (unpaired) electrons. The highest BCUT2D eigenvalue weighted by Gasteiger charge is 2.17. The van der Waals surface area contributed by atoms with E-state index in [4.69, 9.17) is 16.6 Å².